The van der Waals surface area contributed by atoms with Crippen molar-refractivity contribution in [3.05, 3.63) is 11.4 Å². The number of rotatable bonds is 4. The number of hydrogen-bond donors (Lipinski definition) is 2. The number of nitrogens with one attached hydrogen (secondary N) is 2. The van der Waals surface area contributed by atoms with Crippen LogP contribution in [0.15, 0.2) is 0 Å². The lowest BCUT2D eigenvalue weighted by molar-refractivity contribution is -0.0553. The van der Waals surface area contributed by atoms with Gasteiger partial charge in [-0.15, -0.1) is 0 Å². The summed E-state index contributed by atoms with van der Waals surface area (Å²) >= 11 is 0. The van der Waals surface area contributed by atoms with Gasteiger partial charge >= 0.3 is 0 Å². The van der Waals surface area contributed by atoms with E-state index >= 15 is 0 Å². The Balaban J connectivity index is 1.82. The van der Waals surface area contributed by atoms with Crippen LogP contribution in [0.4, 0.5) is 11.6 Å². The quantitative estimate of drug-likeness (QED) is 0.892. The van der Waals surface area contributed by atoms with Gasteiger partial charge in [0.2, 0.25) is 0 Å². The molecule has 5 heteroatoms. The predicted octanol–water partition coefficient (Wildman–Crippen LogP) is 3.07. The monoisotopic (exact) mass is 290 g/mol. The number of anilines is 2. The highest BCUT2D eigenvalue weighted by Crippen LogP contribution is 2.39. The first-order chi connectivity index (χ1) is 9.98. The van der Waals surface area contributed by atoms with E-state index in [0.717, 1.165) is 42.5 Å². The normalized spacial score (nSPS) is 24.7. The van der Waals surface area contributed by atoms with E-state index < -0.39 is 0 Å². The summed E-state index contributed by atoms with van der Waals surface area (Å²) in [5, 5.41) is 6.83. The van der Waals surface area contributed by atoms with Gasteiger partial charge in [0, 0.05) is 31.2 Å². The van der Waals surface area contributed by atoms with E-state index in [1.54, 1.807) is 0 Å². The number of nitrogens with zero attached hydrogens (tertiary/aromatic N) is 2. The Bertz CT molecular complexity index is 525. The van der Waals surface area contributed by atoms with Crippen LogP contribution in [0, 0.1) is 6.92 Å². The van der Waals surface area contributed by atoms with Gasteiger partial charge in [-0.25, -0.2) is 9.97 Å². The van der Waals surface area contributed by atoms with Crippen molar-refractivity contribution in [3.8, 4) is 0 Å². The highest BCUT2D eigenvalue weighted by atomic mass is 16.5. The minimum atomic E-state index is -0.0536. The van der Waals surface area contributed by atoms with Crippen molar-refractivity contribution >= 4 is 11.6 Å². The lowest BCUT2D eigenvalue weighted by Gasteiger charge is -2.36. The van der Waals surface area contributed by atoms with Crippen molar-refractivity contribution in [2.24, 2.45) is 0 Å². The summed E-state index contributed by atoms with van der Waals surface area (Å²) in [6, 6.07) is 0.416. The van der Waals surface area contributed by atoms with Gasteiger partial charge in [-0.2, -0.15) is 0 Å². The van der Waals surface area contributed by atoms with Crippen molar-refractivity contribution in [3.63, 3.8) is 0 Å². The van der Waals surface area contributed by atoms with Crippen LogP contribution in [0.3, 0.4) is 0 Å². The summed E-state index contributed by atoms with van der Waals surface area (Å²) < 4.78 is 5.80. The Morgan fingerprint density at radius 2 is 1.86 bits per heavy atom. The van der Waals surface area contributed by atoms with Gasteiger partial charge in [0.25, 0.3) is 0 Å². The molecule has 21 heavy (non-hydrogen) atoms. The van der Waals surface area contributed by atoms with Crippen LogP contribution >= 0.6 is 0 Å². The molecule has 1 saturated heterocycles. The van der Waals surface area contributed by atoms with Crippen LogP contribution < -0.4 is 10.6 Å². The fraction of sp³-hybridized carbons (Fsp3) is 0.750. The van der Waals surface area contributed by atoms with Gasteiger partial charge in [-0.1, -0.05) is 0 Å². The summed E-state index contributed by atoms with van der Waals surface area (Å²) in [6.07, 6.45) is 4.47. The maximum Gasteiger partial charge on any atom is 0.136 e. The second kappa shape index (κ2) is 5.44. The molecule has 0 spiro atoms. The average Bonchev–Trinajstić information content (AvgIpc) is 3.24. The largest absolute Gasteiger partial charge is 0.375 e. The van der Waals surface area contributed by atoms with Crippen molar-refractivity contribution in [2.75, 3.05) is 24.3 Å². The van der Waals surface area contributed by atoms with Gasteiger partial charge in [0.05, 0.1) is 5.60 Å². The second-order valence-corrected chi connectivity index (χ2v) is 6.87. The van der Waals surface area contributed by atoms with Gasteiger partial charge < -0.3 is 15.4 Å². The van der Waals surface area contributed by atoms with E-state index in [1.807, 2.05) is 7.05 Å². The zero-order valence-corrected chi connectivity index (χ0v) is 13.5. The van der Waals surface area contributed by atoms with Crippen molar-refractivity contribution in [1.29, 1.82) is 0 Å². The molecule has 2 fully saturated rings. The smallest absolute Gasteiger partial charge is 0.136 e. The predicted molar refractivity (Wildman–Crippen MR) is 85.0 cm³/mol. The molecule has 1 aromatic heterocycles. The molecular formula is C16H26N4O. The van der Waals surface area contributed by atoms with Crippen LogP contribution in [0.5, 0.6) is 0 Å². The van der Waals surface area contributed by atoms with Crippen molar-refractivity contribution in [1.82, 2.24) is 9.97 Å². The molecule has 5 nitrogen and oxygen atoms in total. The molecule has 1 aliphatic heterocycles. The first-order valence-corrected chi connectivity index (χ1v) is 7.95. The molecule has 0 radical (unpaired) electrons. The van der Waals surface area contributed by atoms with E-state index in [-0.39, 0.29) is 5.60 Å². The molecule has 1 atom stereocenters. The molecule has 1 saturated carbocycles. The first kappa shape index (κ1) is 14.6. The Kier molecular flexibility index (Phi) is 3.78. The summed E-state index contributed by atoms with van der Waals surface area (Å²) in [7, 11) is 1.92. The summed E-state index contributed by atoms with van der Waals surface area (Å²) in [4.78, 5) is 9.43. The molecule has 2 heterocycles. The lowest BCUT2D eigenvalue weighted by atomic mass is 9.94. The summed E-state index contributed by atoms with van der Waals surface area (Å²) in [5.74, 6) is 3.47. The molecule has 2 N–H and O–H groups in total. The zero-order chi connectivity index (χ0) is 15.0. The van der Waals surface area contributed by atoms with Gasteiger partial charge in [-0.3, -0.25) is 0 Å². The molecule has 1 aliphatic carbocycles. The Hall–Kier alpha value is -1.36. The molecular weight excluding hydrogens is 264 g/mol. The molecule has 1 aromatic rings. The first-order valence-electron chi connectivity index (χ1n) is 7.95. The summed E-state index contributed by atoms with van der Waals surface area (Å²) in [5.41, 5.74) is 1.05. The molecule has 1 unspecified atom stereocenters. The zero-order valence-electron chi connectivity index (χ0n) is 13.5. The number of aromatic nitrogens is 2. The maximum absolute atomic E-state index is 5.80. The Morgan fingerprint density at radius 3 is 2.48 bits per heavy atom. The maximum atomic E-state index is 5.80. The number of ether oxygens (including phenoxy) is 1. The van der Waals surface area contributed by atoms with E-state index in [4.69, 9.17) is 9.72 Å². The average molecular weight is 290 g/mol. The lowest BCUT2D eigenvalue weighted by Crippen LogP contribution is -2.40. The van der Waals surface area contributed by atoms with Gasteiger partial charge in [-0.05, 0) is 46.5 Å². The fourth-order valence-corrected chi connectivity index (χ4v) is 2.99. The van der Waals surface area contributed by atoms with Crippen LogP contribution in [-0.2, 0) is 4.74 Å². The van der Waals surface area contributed by atoms with E-state index in [9.17, 15) is 0 Å². The second-order valence-electron chi connectivity index (χ2n) is 6.87. The van der Waals surface area contributed by atoms with Crippen LogP contribution in [0.25, 0.3) is 0 Å². The third kappa shape index (κ3) is 3.28. The third-order valence-electron chi connectivity index (χ3n) is 4.38. The number of hydrogen-bond acceptors (Lipinski definition) is 5. The van der Waals surface area contributed by atoms with E-state index in [0.29, 0.717) is 12.0 Å². The standard InChI is InChI=1S/C16H26N4O/c1-10-13(17-4)19-15(11-5-6-11)20-14(10)18-12-7-8-21-16(2,3)9-12/h11-12H,5-9H2,1-4H3,(H2,17,18,19,20). The molecule has 0 bridgehead atoms. The molecule has 0 amide bonds. The Labute approximate surface area is 126 Å². The minimum Gasteiger partial charge on any atom is -0.375 e. The fourth-order valence-electron chi connectivity index (χ4n) is 2.99. The van der Waals surface area contributed by atoms with Crippen molar-refractivity contribution in [2.45, 2.75) is 64.0 Å². The SMILES string of the molecule is CNc1nc(C2CC2)nc(NC2CCOC(C)(C)C2)c1C. The third-order valence-corrected chi connectivity index (χ3v) is 4.38. The van der Waals surface area contributed by atoms with Gasteiger partial charge in [0.15, 0.2) is 0 Å². The molecule has 116 valence electrons. The van der Waals surface area contributed by atoms with Gasteiger partial charge in [0.1, 0.15) is 17.5 Å². The molecule has 3 rings (SSSR count). The van der Waals surface area contributed by atoms with E-state index in [1.165, 1.54) is 12.8 Å². The highest BCUT2D eigenvalue weighted by Gasteiger charge is 2.31. The van der Waals surface area contributed by atoms with Crippen LogP contribution in [0.1, 0.15) is 56.8 Å². The molecule has 2 aliphatic rings. The molecule has 0 aromatic carbocycles. The van der Waals surface area contributed by atoms with Crippen LogP contribution in [-0.4, -0.2) is 35.3 Å². The van der Waals surface area contributed by atoms with Crippen molar-refractivity contribution < 1.29 is 4.74 Å². The van der Waals surface area contributed by atoms with E-state index in [2.05, 4.69) is 36.4 Å². The highest BCUT2D eigenvalue weighted by molar-refractivity contribution is 5.57. The van der Waals surface area contributed by atoms with Crippen LogP contribution in [0.2, 0.25) is 0 Å². The summed E-state index contributed by atoms with van der Waals surface area (Å²) in [6.45, 7) is 7.20. The minimum absolute atomic E-state index is 0.0536. The Morgan fingerprint density at radius 1 is 1.14 bits per heavy atom. The topological polar surface area (TPSA) is 59.1 Å².